The van der Waals surface area contributed by atoms with E-state index in [1.807, 2.05) is 60.7 Å². The Bertz CT molecular complexity index is 1970. The summed E-state index contributed by atoms with van der Waals surface area (Å²) in [7, 11) is -3.07. The minimum Gasteiger partial charge on any atom is -0.384 e. The number of hydrogen-bond donors (Lipinski definition) is 2. The van der Waals surface area contributed by atoms with Gasteiger partial charge < -0.3 is 14.8 Å². The zero-order valence-electron chi connectivity index (χ0n) is 25.0. The maximum atomic E-state index is 15.2. The first-order valence-corrected chi connectivity index (χ1v) is 16.6. The Morgan fingerprint density at radius 3 is 1.88 bits per heavy atom. The molecule has 3 aromatic carbocycles. The number of fused-ring (bicyclic) bond motifs is 1. The summed E-state index contributed by atoms with van der Waals surface area (Å²) in [6.07, 6.45) is 0.292. The standard InChI is InChI=1S/C32H23OP.C5H6F6O2.Lu/c33-34(23-12-3-1-4-13-23,24-14-5-2-6-15-24)30-21-20-28-26-17-8-11-22-10-7-16-25(31(22)26)27-18-9-19-29(30)32(27)28;6-4(7,8)2(12)1-3(13)5(9,10)11;/h1-17,19-21,31H,18H2;2-3,12-13H,1H2;. The molecule has 0 bridgehead atoms. The van der Waals surface area contributed by atoms with Gasteiger partial charge in [-0.2, -0.15) is 26.3 Å². The molecule has 0 saturated carbocycles. The third-order valence-electron chi connectivity index (χ3n) is 8.66. The molecule has 0 saturated heterocycles. The van der Waals surface area contributed by atoms with Gasteiger partial charge in [0.1, 0.15) is 0 Å². The van der Waals surface area contributed by atoms with E-state index < -0.39 is 38.1 Å². The minimum atomic E-state index is -5.15. The van der Waals surface area contributed by atoms with Crippen LogP contribution >= 0.6 is 7.14 Å². The minimum absolute atomic E-state index is 0. The number of aliphatic hydroxyl groups is 2. The van der Waals surface area contributed by atoms with Crippen molar-refractivity contribution in [3.8, 4) is 0 Å². The van der Waals surface area contributed by atoms with Crippen molar-refractivity contribution in [3.63, 3.8) is 0 Å². The second-order valence-electron chi connectivity index (χ2n) is 11.5. The van der Waals surface area contributed by atoms with Crippen LogP contribution in [0.3, 0.4) is 0 Å². The van der Waals surface area contributed by atoms with Gasteiger partial charge in [0.05, 0.1) is 0 Å². The molecule has 1 radical (unpaired) electrons. The van der Waals surface area contributed by atoms with Crippen molar-refractivity contribution in [2.75, 3.05) is 0 Å². The first-order chi connectivity index (χ1) is 22.3. The molecule has 257 valence electrons. The van der Waals surface area contributed by atoms with E-state index >= 15 is 4.57 Å². The largest absolute Gasteiger partial charge is 0.414 e. The summed E-state index contributed by atoms with van der Waals surface area (Å²) >= 11 is 0. The summed E-state index contributed by atoms with van der Waals surface area (Å²) in [4.78, 5) is 0. The van der Waals surface area contributed by atoms with Crippen molar-refractivity contribution in [1.29, 1.82) is 0 Å². The molecule has 4 aliphatic carbocycles. The van der Waals surface area contributed by atoms with Crippen LogP contribution in [0.15, 0.2) is 126 Å². The zero-order valence-corrected chi connectivity index (χ0v) is 27.5. The fraction of sp³-hybridized carbons (Fsp3) is 0.189. The van der Waals surface area contributed by atoms with Gasteiger partial charge in [-0.3, -0.25) is 0 Å². The Balaban J connectivity index is 0.000000277. The first kappa shape index (κ1) is 36.3. The van der Waals surface area contributed by atoms with Crippen LogP contribution in [0, 0.1) is 42.8 Å². The van der Waals surface area contributed by atoms with Gasteiger partial charge in [0.15, 0.2) is 19.3 Å². The normalized spacial score (nSPS) is 18.7. The van der Waals surface area contributed by atoms with E-state index in [0.717, 1.165) is 27.9 Å². The molecular formula is C37H29F6LuO3P. The van der Waals surface area contributed by atoms with Crippen LogP contribution < -0.4 is 26.4 Å². The number of hydrogen-bond acceptors (Lipinski definition) is 3. The summed E-state index contributed by atoms with van der Waals surface area (Å²) in [5.74, 6) is 0.303. The van der Waals surface area contributed by atoms with Crippen molar-refractivity contribution >= 4 is 40.3 Å². The zero-order chi connectivity index (χ0) is 33.6. The predicted octanol–water partition coefficient (Wildman–Crippen LogP) is 5.89. The number of allylic oxidation sites excluding steroid dienone is 9. The van der Waals surface area contributed by atoms with Crippen LogP contribution in [0.25, 0.3) is 17.2 Å². The van der Waals surface area contributed by atoms with Crippen LogP contribution in [-0.4, -0.2) is 34.8 Å². The maximum absolute atomic E-state index is 15.2. The van der Waals surface area contributed by atoms with E-state index in [2.05, 4.69) is 60.7 Å². The van der Waals surface area contributed by atoms with Crippen molar-refractivity contribution in [2.45, 2.75) is 37.4 Å². The van der Waals surface area contributed by atoms with Crippen molar-refractivity contribution < 1.29 is 78.0 Å². The van der Waals surface area contributed by atoms with Gasteiger partial charge >= 0.3 is 12.4 Å². The van der Waals surface area contributed by atoms with Crippen LogP contribution in [0.4, 0.5) is 26.3 Å². The molecule has 0 spiro atoms. The van der Waals surface area contributed by atoms with Crippen molar-refractivity contribution in [3.05, 3.63) is 142 Å². The van der Waals surface area contributed by atoms with Gasteiger partial charge in [0.2, 0.25) is 0 Å². The van der Waals surface area contributed by atoms with Gasteiger partial charge in [-0.05, 0) is 50.8 Å². The Kier molecular flexibility index (Phi) is 10.7. The monoisotopic (exact) mass is 841 g/mol. The number of aliphatic hydroxyl groups excluding tert-OH is 2. The number of benzene rings is 3. The van der Waals surface area contributed by atoms with E-state index in [0.29, 0.717) is 5.92 Å². The maximum Gasteiger partial charge on any atom is 0.414 e. The summed E-state index contributed by atoms with van der Waals surface area (Å²) in [6.45, 7) is 0. The molecule has 11 heteroatoms. The second kappa shape index (κ2) is 14.1. The molecule has 7 rings (SSSR count). The van der Waals surface area contributed by atoms with E-state index in [-0.39, 0.29) is 36.9 Å². The smallest absolute Gasteiger partial charge is 0.384 e. The Morgan fingerprint density at radius 1 is 0.750 bits per heavy atom. The van der Waals surface area contributed by atoms with Gasteiger partial charge in [-0.25, -0.2) is 0 Å². The number of alkyl halides is 6. The van der Waals surface area contributed by atoms with Gasteiger partial charge in [0.25, 0.3) is 0 Å². The van der Waals surface area contributed by atoms with Gasteiger partial charge in [0, 0.05) is 65.1 Å². The quantitative estimate of drug-likeness (QED) is 0.249. The van der Waals surface area contributed by atoms with Crippen LogP contribution in [-0.2, 0) is 4.57 Å². The third kappa shape index (κ3) is 6.77. The first-order valence-electron chi connectivity index (χ1n) is 14.9. The predicted molar refractivity (Wildman–Crippen MR) is 172 cm³/mol. The Hall–Kier alpha value is -2.94. The molecule has 0 aromatic heterocycles. The molecule has 0 heterocycles. The molecule has 0 fully saturated rings. The molecule has 48 heavy (non-hydrogen) atoms. The average molecular weight is 842 g/mol. The van der Waals surface area contributed by atoms with Crippen molar-refractivity contribution in [1.82, 2.24) is 0 Å². The summed E-state index contributed by atoms with van der Waals surface area (Å²) < 4.78 is 84.0. The van der Waals surface area contributed by atoms with Crippen LogP contribution in [0.5, 0.6) is 0 Å². The fourth-order valence-corrected chi connectivity index (χ4v) is 9.32. The van der Waals surface area contributed by atoms with E-state index in [1.54, 1.807) is 0 Å². The molecule has 0 aliphatic heterocycles. The fourth-order valence-electron chi connectivity index (χ4n) is 6.47. The molecule has 3 unspecified atom stereocenters. The molecule has 3 atom stereocenters. The van der Waals surface area contributed by atoms with Gasteiger partial charge in [-0.15, -0.1) is 0 Å². The molecule has 4 aliphatic rings. The van der Waals surface area contributed by atoms with E-state index in [1.165, 1.54) is 32.7 Å². The van der Waals surface area contributed by atoms with Gasteiger partial charge in [-0.1, -0.05) is 115 Å². The van der Waals surface area contributed by atoms with E-state index in [4.69, 9.17) is 10.2 Å². The molecule has 2 N–H and O–H groups in total. The summed E-state index contributed by atoms with van der Waals surface area (Å²) in [5.41, 5.74) is 6.58. The average Bonchev–Trinajstić information content (AvgIpc) is 3.06. The molecule has 3 aromatic rings. The number of rotatable bonds is 5. The van der Waals surface area contributed by atoms with Crippen LogP contribution in [0.2, 0.25) is 0 Å². The second-order valence-corrected chi connectivity index (χ2v) is 14.3. The molecule has 3 nitrogen and oxygen atoms in total. The summed E-state index contributed by atoms with van der Waals surface area (Å²) in [6, 6.07) is 24.3. The van der Waals surface area contributed by atoms with Crippen LogP contribution in [0.1, 0.15) is 18.4 Å². The molecule has 0 amide bonds. The molecular weight excluding hydrogens is 812 g/mol. The summed E-state index contributed by atoms with van der Waals surface area (Å²) in [5, 5.41) is 21.5. The Labute approximate surface area is 302 Å². The number of halogens is 6. The van der Waals surface area contributed by atoms with E-state index in [9.17, 15) is 26.3 Å². The Morgan fingerprint density at radius 2 is 1.31 bits per heavy atom. The topological polar surface area (TPSA) is 57.5 Å². The van der Waals surface area contributed by atoms with Crippen molar-refractivity contribution in [2.24, 2.45) is 5.92 Å². The third-order valence-corrected chi connectivity index (χ3v) is 11.8. The SMILES string of the molecule is O=P(c1ccccc1)(c1ccccc1)c1ccc2c3c1C=CCC=3C1=CC=CC3=CC=CC=2C31.OC(CC(O)C(F)(F)F)C(F)(F)F.[Lu].